The fourth-order valence-electron chi connectivity index (χ4n) is 2.83. The number of aromatic nitrogens is 1. The van der Waals surface area contributed by atoms with Crippen LogP contribution in [0.3, 0.4) is 0 Å². The number of pyridine rings is 1. The van der Waals surface area contributed by atoms with Crippen LogP contribution >= 0.6 is 0 Å². The molecule has 1 N–H and O–H groups in total. The molecule has 1 aromatic heterocycles. The van der Waals surface area contributed by atoms with E-state index in [0.29, 0.717) is 0 Å². The van der Waals surface area contributed by atoms with Gasteiger partial charge in [-0.3, -0.25) is 4.98 Å². The lowest BCUT2D eigenvalue weighted by Gasteiger charge is -2.45. The maximum Gasteiger partial charge on any atom is 0.0981 e. The normalized spacial score (nSPS) is 29.5. The van der Waals surface area contributed by atoms with Crippen LogP contribution in [0.1, 0.15) is 12.8 Å². The highest BCUT2D eigenvalue weighted by atomic mass is 16.5. The van der Waals surface area contributed by atoms with Crippen molar-refractivity contribution >= 4 is 5.69 Å². The van der Waals surface area contributed by atoms with Crippen LogP contribution in [0.4, 0.5) is 5.69 Å². The molecule has 2 aliphatic heterocycles. The Hall–Kier alpha value is -1.13. The van der Waals surface area contributed by atoms with E-state index in [1.807, 2.05) is 18.5 Å². The van der Waals surface area contributed by atoms with Crippen LogP contribution in [0.15, 0.2) is 24.5 Å². The van der Waals surface area contributed by atoms with Crippen LogP contribution < -0.4 is 10.2 Å². The second kappa shape index (κ2) is 4.63. The quantitative estimate of drug-likeness (QED) is 0.786. The minimum Gasteiger partial charge on any atom is -0.371 e. The second-order valence-electron chi connectivity index (χ2n) is 4.94. The molecule has 0 bridgehead atoms. The zero-order chi connectivity index (χ0) is 11.6. The Morgan fingerprint density at radius 3 is 3.24 bits per heavy atom. The van der Waals surface area contributed by atoms with E-state index in [1.165, 1.54) is 12.1 Å². The van der Waals surface area contributed by atoms with E-state index >= 15 is 0 Å². The number of hydrogen-bond acceptors (Lipinski definition) is 4. The van der Waals surface area contributed by atoms with Crippen LogP contribution in [0, 0.1) is 0 Å². The van der Waals surface area contributed by atoms with Gasteiger partial charge in [-0.05, 0) is 25.0 Å². The molecular weight excluding hydrogens is 214 g/mol. The largest absolute Gasteiger partial charge is 0.371 e. The maximum atomic E-state index is 6.03. The van der Waals surface area contributed by atoms with Gasteiger partial charge < -0.3 is 15.0 Å². The Labute approximate surface area is 102 Å². The average molecular weight is 233 g/mol. The molecule has 0 aromatic carbocycles. The van der Waals surface area contributed by atoms with Crippen molar-refractivity contribution in [1.29, 1.82) is 0 Å². The van der Waals surface area contributed by atoms with Crippen molar-refractivity contribution in [2.45, 2.75) is 18.4 Å². The molecule has 0 radical (unpaired) electrons. The third-order valence-electron chi connectivity index (χ3n) is 3.68. The van der Waals surface area contributed by atoms with Gasteiger partial charge in [0.1, 0.15) is 0 Å². The number of rotatable bonds is 1. The number of nitrogens with zero attached hydrogens (tertiary/aromatic N) is 2. The lowest BCUT2D eigenvalue weighted by Crippen LogP contribution is -2.58. The van der Waals surface area contributed by atoms with Crippen molar-refractivity contribution in [3.8, 4) is 0 Å². The molecule has 0 unspecified atom stereocenters. The summed E-state index contributed by atoms with van der Waals surface area (Å²) in [6, 6.07) is 4.12. The molecule has 1 spiro atoms. The predicted octanol–water partition coefficient (Wildman–Crippen LogP) is 1.04. The van der Waals surface area contributed by atoms with Crippen LogP contribution in [-0.2, 0) is 4.74 Å². The molecule has 0 saturated carbocycles. The maximum absolute atomic E-state index is 6.03. The molecule has 4 nitrogen and oxygen atoms in total. The van der Waals surface area contributed by atoms with Gasteiger partial charge in [0.2, 0.25) is 0 Å². The summed E-state index contributed by atoms with van der Waals surface area (Å²) in [6.45, 7) is 4.88. The van der Waals surface area contributed by atoms with Gasteiger partial charge in [-0.1, -0.05) is 0 Å². The molecule has 4 heteroatoms. The average Bonchev–Trinajstić information content (AvgIpc) is 2.41. The molecule has 2 fully saturated rings. The Morgan fingerprint density at radius 2 is 2.47 bits per heavy atom. The molecule has 0 amide bonds. The molecular formula is C13H19N3O. The topological polar surface area (TPSA) is 37.4 Å². The number of ether oxygens (including phenoxy) is 1. The number of piperidine rings is 1. The highest BCUT2D eigenvalue weighted by molar-refractivity contribution is 5.44. The van der Waals surface area contributed by atoms with Crippen molar-refractivity contribution in [2.24, 2.45) is 0 Å². The first-order valence-electron chi connectivity index (χ1n) is 6.38. The van der Waals surface area contributed by atoms with Gasteiger partial charge >= 0.3 is 0 Å². The van der Waals surface area contributed by atoms with Gasteiger partial charge in [0.25, 0.3) is 0 Å². The summed E-state index contributed by atoms with van der Waals surface area (Å²) in [7, 11) is 0. The Balaban J connectivity index is 1.75. The summed E-state index contributed by atoms with van der Waals surface area (Å²) in [5, 5.41) is 3.45. The Bertz CT molecular complexity index is 357. The molecule has 3 rings (SSSR count). The minimum atomic E-state index is 0.0202. The minimum absolute atomic E-state index is 0.0202. The zero-order valence-electron chi connectivity index (χ0n) is 10.1. The SMILES string of the molecule is c1cncc(N2CCC[C@@]3(CNCCO3)C2)c1. The van der Waals surface area contributed by atoms with E-state index in [0.717, 1.165) is 39.2 Å². The van der Waals surface area contributed by atoms with E-state index in [-0.39, 0.29) is 5.60 Å². The van der Waals surface area contributed by atoms with Crippen molar-refractivity contribution in [3.63, 3.8) is 0 Å². The summed E-state index contributed by atoms with van der Waals surface area (Å²) < 4.78 is 6.03. The van der Waals surface area contributed by atoms with Gasteiger partial charge in [0.05, 0.1) is 24.1 Å². The first kappa shape index (κ1) is 11.0. The second-order valence-corrected chi connectivity index (χ2v) is 4.94. The number of nitrogens with one attached hydrogen (secondary N) is 1. The molecule has 3 heterocycles. The number of hydrogen-bond donors (Lipinski definition) is 1. The lowest BCUT2D eigenvalue weighted by atomic mass is 9.91. The fourth-order valence-corrected chi connectivity index (χ4v) is 2.83. The lowest BCUT2D eigenvalue weighted by molar-refractivity contribution is -0.0725. The van der Waals surface area contributed by atoms with Crippen molar-refractivity contribution in [2.75, 3.05) is 37.7 Å². The fraction of sp³-hybridized carbons (Fsp3) is 0.615. The van der Waals surface area contributed by atoms with Crippen LogP contribution in [0.5, 0.6) is 0 Å². The molecule has 0 aliphatic carbocycles. The summed E-state index contributed by atoms with van der Waals surface area (Å²) in [5.74, 6) is 0. The first-order chi connectivity index (χ1) is 8.38. The van der Waals surface area contributed by atoms with Crippen molar-refractivity contribution < 1.29 is 4.74 Å². The van der Waals surface area contributed by atoms with Crippen LogP contribution in [0.2, 0.25) is 0 Å². The predicted molar refractivity (Wildman–Crippen MR) is 67.2 cm³/mol. The summed E-state index contributed by atoms with van der Waals surface area (Å²) >= 11 is 0. The molecule has 2 saturated heterocycles. The number of morpholine rings is 1. The van der Waals surface area contributed by atoms with Gasteiger partial charge in [0.15, 0.2) is 0 Å². The van der Waals surface area contributed by atoms with Gasteiger partial charge in [-0.2, -0.15) is 0 Å². The summed E-state index contributed by atoms with van der Waals surface area (Å²) in [4.78, 5) is 6.59. The highest BCUT2D eigenvalue weighted by Crippen LogP contribution is 2.29. The number of anilines is 1. The van der Waals surface area contributed by atoms with E-state index < -0.39 is 0 Å². The molecule has 92 valence electrons. The summed E-state index contributed by atoms with van der Waals surface area (Å²) in [6.07, 6.45) is 6.12. The standard InChI is InChI=1S/C13H19N3O/c1-3-12(9-14-5-1)16-7-2-4-13(11-16)10-15-6-8-17-13/h1,3,5,9,15H,2,4,6-8,10-11H2/t13-/m1/s1. The monoisotopic (exact) mass is 233 g/mol. The van der Waals surface area contributed by atoms with Gasteiger partial charge in [0, 0.05) is 32.4 Å². The van der Waals surface area contributed by atoms with E-state index in [9.17, 15) is 0 Å². The van der Waals surface area contributed by atoms with Gasteiger partial charge in [-0.25, -0.2) is 0 Å². The Kier molecular flexibility index (Phi) is 2.99. The summed E-state index contributed by atoms with van der Waals surface area (Å²) in [5.41, 5.74) is 1.23. The van der Waals surface area contributed by atoms with Crippen LogP contribution in [-0.4, -0.2) is 43.4 Å². The first-order valence-corrected chi connectivity index (χ1v) is 6.38. The van der Waals surface area contributed by atoms with E-state index in [2.05, 4.69) is 21.3 Å². The molecule has 2 aliphatic rings. The third kappa shape index (κ3) is 2.28. The zero-order valence-corrected chi connectivity index (χ0v) is 10.1. The molecule has 17 heavy (non-hydrogen) atoms. The molecule has 1 atom stereocenters. The van der Waals surface area contributed by atoms with Crippen molar-refractivity contribution in [1.82, 2.24) is 10.3 Å². The van der Waals surface area contributed by atoms with Crippen molar-refractivity contribution in [3.05, 3.63) is 24.5 Å². The van der Waals surface area contributed by atoms with Crippen LogP contribution in [0.25, 0.3) is 0 Å². The smallest absolute Gasteiger partial charge is 0.0981 e. The molecule has 1 aromatic rings. The highest BCUT2D eigenvalue weighted by Gasteiger charge is 2.37. The third-order valence-corrected chi connectivity index (χ3v) is 3.68. The van der Waals surface area contributed by atoms with E-state index in [4.69, 9.17) is 4.74 Å². The Morgan fingerprint density at radius 1 is 1.47 bits per heavy atom. The van der Waals surface area contributed by atoms with E-state index in [1.54, 1.807) is 0 Å². The van der Waals surface area contributed by atoms with Gasteiger partial charge in [-0.15, -0.1) is 0 Å².